The van der Waals surface area contributed by atoms with Gasteiger partial charge in [-0.3, -0.25) is 5.32 Å². The van der Waals surface area contributed by atoms with Crippen LogP contribution in [0.5, 0.6) is 0 Å². The lowest BCUT2D eigenvalue weighted by atomic mass is 9.85. The van der Waals surface area contributed by atoms with Crippen LogP contribution in [0.3, 0.4) is 0 Å². The lowest BCUT2D eigenvalue weighted by Gasteiger charge is -2.33. The highest BCUT2D eigenvalue weighted by molar-refractivity contribution is 4.84. The number of aliphatic hydroxyl groups is 1. The van der Waals surface area contributed by atoms with E-state index in [2.05, 4.69) is 5.32 Å². The van der Waals surface area contributed by atoms with E-state index in [1.807, 2.05) is 13.8 Å². The van der Waals surface area contributed by atoms with E-state index in [1.165, 1.54) is 0 Å². The highest BCUT2D eigenvalue weighted by atomic mass is 16.5. The Morgan fingerprint density at radius 3 is 2.64 bits per heavy atom. The zero-order valence-corrected chi connectivity index (χ0v) is 7.42. The van der Waals surface area contributed by atoms with Gasteiger partial charge < -0.3 is 9.84 Å². The molecule has 66 valence electrons. The summed E-state index contributed by atoms with van der Waals surface area (Å²) < 4.78 is 5.41. The molecule has 0 aromatic carbocycles. The van der Waals surface area contributed by atoms with Crippen LogP contribution in [0.2, 0.25) is 0 Å². The molecule has 1 saturated heterocycles. The van der Waals surface area contributed by atoms with Gasteiger partial charge >= 0.3 is 0 Å². The molecule has 1 aliphatic heterocycles. The van der Waals surface area contributed by atoms with Crippen LogP contribution in [-0.4, -0.2) is 30.6 Å². The van der Waals surface area contributed by atoms with Gasteiger partial charge in [0.15, 0.2) is 0 Å². The summed E-state index contributed by atoms with van der Waals surface area (Å²) in [6, 6.07) is 0. The van der Waals surface area contributed by atoms with E-state index in [1.54, 1.807) is 6.92 Å². The number of hydrogen-bond acceptors (Lipinski definition) is 3. The van der Waals surface area contributed by atoms with Gasteiger partial charge in [-0.2, -0.15) is 0 Å². The van der Waals surface area contributed by atoms with Crippen LogP contribution in [-0.2, 0) is 4.74 Å². The standard InChI is InChI=1S/C8H17NO2/c1-6(10)8(2,3)7-9-4-5-11-7/h6-7,9-10H,4-5H2,1-3H3. The van der Waals surface area contributed by atoms with Gasteiger partial charge in [0.1, 0.15) is 6.23 Å². The first-order valence-corrected chi connectivity index (χ1v) is 4.08. The fourth-order valence-corrected chi connectivity index (χ4v) is 1.12. The summed E-state index contributed by atoms with van der Waals surface area (Å²) >= 11 is 0. The van der Waals surface area contributed by atoms with Crippen molar-refractivity contribution in [2.45, 2.75) is 33.1 Å². The van der Waals surface area contributed by atoms with Crippen molar-refractivity contribution in [3.8, 4) is 0 Å². The van der Waals surface area contributed by atoms with E-state index in [9.17, 15) is 5.11 Å². The maximum absolute atomic E-state index is 9.42. The lowest BCUT2D eigenvalue weighted by Crippen LogP contribution is -2.45. The molecule has 11 heavy (non-hydrogen) atoms. The average Bonchev–Trinajstić information content (AvgIpc) is 2.37. The van der Waals surface area contributed by atoms with Crippen molar-refractivity contribution in [1.29, 1.82) is 0 Å². The predicted octanol–water partition coefficient (Wildman–Crippen LogP) is 0.339. The second-order valence-corrected chi connectivity index (χ2v) is 3.70. The van der Waals surface area contributed by atoms with Crippen molar-refractivity contribution in [2.75, 3.05) is 13.2 Å². The monoisotopic (exact) mass is 159 g/mol. The zero-order chi connectivity index (χ0) is 8.48. The molecule has 2 atom stereocenters. The maximum atomic E-state index is 9.42. The van der Waals surface area contributed by atoms with Gasteiger partial charge in [-0.25, -0.2) is 0 Å². The van der Waals surface area contributed by atoms with Gasteiger partial charge in [0, 0.05) is 12.0 Å². The van der Waals surface area contributed by atoms with Crippen LogP contribution in [0, 0.1) is 5.41 Å². The molecule has 1 rings (SSSR count). The highest BCUT2D eigenvalue weighted by Crippen LogP contribution is 2.27. The molecule has 0 amide bonds. The fourth-order valence-electron chi connectivity index (χ4n) is 1.12. The topological polar surface area (TPSA) is 41.5 Å². The molecule has 0 saturated carbocycles. The molecular weight excluding hydrogens is 142 g/mol. The number of rotatable bonds is 2. The van der Waals surface area contributed by atoms with Gasteiger partial charge in [-0.1, -0.05) is 13.8 Å². The third kappa shape index (κ3) is 1.72. The Balaban J connectivity index is 2.55. The van der Waals surface area contributed by atoms with E-state index in [0.29, 0.717) is 0 Å². The van der Waals surface area contributed by atoms with E-state index in [-0.39, 0.29) is 17.7 Å². The largest absolute Gasteiger partial charge is 0.393 e. The Morgan fingerprint density at radius 1 is 1.64 bits per heavy atom. The number of ether oxygens (including phenoxy) is 1. The molecule has 3 nitrogen and oxygen atoms in total. The minimum Gasteiger partial charge on any atom is -0.393 e. The molecular formula is C8H17NO2. The van der Waals surface area contributed by atoms with Crippen LogP contribution in [0.15, 0.2) is 0 Å². The SMILES string of the molecule is CC(O)C(C)(C)C1NCCO1. The fraction of sp³-hybridized carbons (Fsp3) is 1.00. The second kappa shape index (κ2) is 3.09. The summed E-state index contributed by atoms with van der Waals surface area (Å²) in [6.45, 7) is 7.44. The summed E-state index contributed by atoms with van der Waals surface area (Å²) in [5, 5.41) is 12.6. The third-order valence-corrected chi connectivity index (χ3v) is 2.47. The molecule has 2 unspecified atom stereocenters. The summed E-state index contributed by atoms with van der Waals surface area (Å²) in [4.78, 5) is 0. The van der Waals surface area contributed by atoms with Crippen molar-refractivity contribution < 1.29 is 9.84 Å². The Labute approximate surface area is 67.7 Å². The maximum Gasteiger partial charge on any atom is 0.115 e. The molecule has 1 aliphatic rings. The molecule has 0 bridgehead atoms. The van der Waals surface area contributed by atoms with Crippen LogP contribution < -0.4 is 5.32 Å². The van der Waals surface area contributed by atoms with Crippen molar-refractivity contribution in [1.82, 2.24) is 5.32 Å². The lowest BCUT2D eigenvalue weighted by molar-refractivity contribution is -0.0596. The van der Waals surface area contributed by atoms with Crippen LogP contribution in [0.1, 0.15) is 20.8 Å². The first kappa shape index (κ1) is 8.97. The normalized spacial score (nSPS) is 28.9. The Morgan fingerprint density at radius 2 is 2.27 bits per heavy atom. The van der Waals surface area contributed by atoms with Crippen molar-refractivity contribution >= 4 is 0 Å². The smallest absolute Gasteiger partial charge is 0.115 e. The quantitative estimate of drug-likeness (QED) is 0.610. The molecule has 0 aliphatic carbocycles. The Hall–Kier alpha value is -0.120. The average molecular weight is 159 g/mol. The third-order valence-electron chi connectivity index (χ3n) is 2.47. The molecule has 0 spiro atoms. The Bertz CT molecular complexity index is 128. The first-order valence-electron chi connectivity index (χ1n) is 4.08. The summed E-state index contributed by atoms with van der Waals surface area (Å²) in [5.41, 5.74) is -0.198. The van der Waals surface area contributed by atoms with Crippen LogP contribution >= 0.6 is 0 Å². The van der Waals surface area contributed by atoms with Crippen LogP contribution in [0.25, 0.3) is 0 Å². The summed E-state index contributed by atoms with van der Waals surface area (Å²) in [6.07, 6.45) is -0.347. The molecule has 1 fully saturated rings. The van der Waals surface area contributed by atoms with Crippen molar-refractivity contribution in [3.63, 3.8) is 0 Å². The molecule has 0 aromatic rings. The van der Waals surface area contributed by atoms with Gasteiger partial charge in [-0.05, 0) is 6.92 Å². The van der Waals surface area contributed by atoms with E-state index in [0.717, 1.165) is 13.2 Å². The number of aliphatic hydroxyl groups excluding tert-OH is 1. The molecule has 0 aromatic heterocycles. The summed E-state index contributed by atoms with van der Waals surface area (Å²) in [7, 11) is 0. The van der Waals surface area contributed by atoms with Gasteiger partial charge in [0.2, 0.25) is 0 Å². The second-order valence-electron chi connectivity index (χ2n) is 3.70. The first-order chi connectivity index (χ1) is 5.05. The molecule has 1 heterocycles. The van der Waals surface area contributed by atoms with E-state index in [4.69, 9.17) is 4.74 Å². The summed E-state index contributed by atoms with van der Waals surface area (Å²) in [5.74, 6) is 0. The van der Waals surface area contributed by atoms with E-state index >= 15 is 0 Å². The minimum absolute atomic E-state index is 0.00231. The molecule has 3 heteroatoms. The molecule has 0 radical (unpaired) electrons. The van der Waals surface area contributed by atoms with Gasteiger partial charge in [-0.15, -0.1) is 0 Å². The number of nitrogens with one attached hydrogen (secondary N) is 1. The van der Waals surface area contributed by atoms with E-state index < -0.39 is 0 Å². The number of hydrogen-bond donors (Lipinski definition) is 2. The van der Waals surface area contributed by atoms with Crippen molar-refractivity contribution in [3.05, 3.63) is 0 Å². The zero-order valence-electron chi connectivity index (χ0n) is 7.42. The van der Waals surface area contributed by atoms with Crippen LogP contribution in [0.4, 0.5) is 0 Å². The van der Waals surface area contributed by atoms with Crippen molar-refractivity contribution in [2.24, 2.45) is 5.41 Å². The van der Waals surface area contributed by atoms with Gasteiger partial charge in [0.25, 0.3) is 0 Å². The molecule has 2 N–H and O–H groups in total. The van der Waals surface area contributed by atoms with Gasteiger partial charge in [0.05, 0.1) is 12.7 Å². The Kier molecular flexibility index (Phi) is 2.52. The minimum atomic E-state index is -0.349. The highest BCUT2D eigenvalue weighted by Gasteiger charge is 2.36. The predicted molar refractivity (Wildman–Crippen MR) is 43.2 cm³/mol.